The molecule has 0 saturated heterocycles. The Hall–Kier alpha value is -3.06. The fraction of sp³-hybridized carbons (Fsp3) is 0.200. The van der Waals surface area contributed by atoms with Gasteiger partial charge >= 0.3 is 0 Å². The summed E-state index contributed by atoms with van der Waals surface area (Å²) in [4.78, 5) is 24.0. The summed E-state index contributed by atoms with van der Waals surface area (Å²) in [6, 6.07) is 15.5. The van der Waals surface area contributed by atoms with Gasteiger partial charge in [-0.2, -0.15) is 5.10 Å². The summed E-state index contributed by atoms with van der Waals surface area (Å²) in [5, 5.41) is 4.63. The molecule has 1 aliphatic rings. The highest BCUT2D eigenvalue weighted by Gasteiger charge is 2.31. The van der Waals surface area contributed by atoms with Gasteiger partial charge in [0.1, 0.15) is 5.82 Å². The van der Waals surface area contributed by atoms with Crippen molar-refractivity contribution in [2.45, 2.75) is 19.5 Å². The molecular weight excluding hydrogens is 358 g/mol. The third kappa shape index (κ3) is 2.71. The molecular formula is C20H17N5OS. The van der Waals surface area contributed by atoms with Crippen LogP contribution in [0.2, 0.25) is 0 Å². The molecule has 0 unspecified atom stereocenters. The van der Waals surface area contributed by atoms with Gasteiger partial charge in [-0.15, -0.1) is 11.3 Å². The van der Waals surface area contributed by atoms with E-state index in [1.807, 2.05) is 65.0 Å². The lowest BCUT2D eigenvalue weighted by atomic mass is 10.1. The summed E-state index contributed by atoms with van der Waals surface area (Å²) >= 11 is 1.58. The van der Waals surface area contributed by atoms with E-state index in [4.69, 9.17) is 4.98 Å². The van der Waals surface area contributed by atoms with Gasteiger partial charge in [-0.3, -0.25) is 4.79 Å². The second kappa shape index (κ2) is 6.28. The van der Waals surface area contributed by atoms with Crippen molar-refractivity contribution in [3.05, 3.63) is 65.4 Å². The molecule has 4 aromatic rings. The van der Waals surface area contributed by atoms with Gasteiger partial charge in [0.2, 0.25) is 0 Å². The van der Waals surface area contributed by atoms with E-state index in [9.17, 15) is 4.79 Å². The van der Waals surface area contributed by atoms with E-state index in [1.54, 1.807) is 16.8 Å². The molecule has 0 radical (unpaired) electrons. The molecule has 0 N–H and O–H groups in total. The normalized spacial score (nSPS) is 16.5. The van der Waals surface area contributed by atoms with Crippen LogP contribution in [0.15, 0.2) is 54.0 Å². The Kier molecular flexibility index (Phi) is 3.75. The average Bonchev–Trinajstić information content (AvgIpc) is 3.35. The smallest absolute Gasteiger partial charge is 0.254 e. The van der Waals surface area contributed by atoms with Crippen molar-refractivity contribution in [1.82, 2.24) is 24.6 Å². The number of nitrogens with zero attached hydrogens (tertiary/aromatic N) is 5. The number of amides is 1. The van der Waals surface area contributed by atoms with Crippen molar-refractivity contribution < 1.29 is 4.79 Å². The predicted octanol–water partition coefficient (Wildman–Crippen LogP) is 3.77. The van der Waals surface area contributed by atoms with Gasteiger partial charge in [0.15, 0.2) is 5.82 Å². The van der Waals surface area contributed by atoms with Crippen molar-refractivity contribution in [2.24, 2.45) is 0 Å². The molecule has 7 heteroatoms. The molecule has 0 aliphatic carbocycles. The van der Waals surface area contributed by atoms with E-state index in [1.165, 1.54) is 0 Å². The zero-order chi connectivity index (χ0) is 18.4. The molecule has 2 aromatic heterocycles. The fourth-order valence-corrected chi connectivity index (χ4v) is 4.17. The highest BCUT2D eigenvalue weighted by Crippen LogP contribution is 2.28. The average molecular weight is 375 g/mol. The molecule has 0 fully saturated rings. The monoisotopic (exact) mass is 375 g/mol. The van der Waals surface area contributed by atoms with Gasteiger partial charge in [-0.25, -0.2) is 14.6 Å². The Morgan fingerprint density at radius 3 is 2.85 bits per heavy atom. The van der Waals surface area contributed by atoms with Crippen molar-refractivity contribution in [3.8, 4) is 11.4 Å². The maximum Gasteiger partial charge on any atom is 0.254 e. The first kappa shape index (κ1) is 16.1. The number of hydrogen-bond donors (Lipinski definition) is 0. The lowest BCUT2D eigenvalue weighted by Crippen LogP contribution is -2.41. The first-order valence-electron chi connectivity index (χ1n) is 8.85. The van der Waals surface area contributed by atoms with Crippen molar-refractivity contribution in [2.75, 3.05) is 6.54 Å². The van der Waals surface area contributed by atoms with Crippen molar-refractivity contribution in [3.63, 3.8) is 0 Å². The molecule has 0 spiro atoms. The van der Waals surface area contributed by atoms with Crippen LogP contribution in [0.3, 0.4) is 0 Å². The number of hydrogen-bond acceptors (Lipinski definition) is 5. The van der Waals surface area contributed by atoms with E-state index in [2.05, 4.69) is 10.1 Å². The highest BCUT2D eigenvalue weighted by molar-refractivity contribution is 7.16. The minimum Gasteiger partial charge on any atom is -0.327 e. The number of thiazole rings is 1. The Labute approximate surface area is 160 Å². The zero-order valence-electron chi connectivity index (χ0n) is 14.7. The lowest BCUT2D eigenvalue weighted by Gasteiger charge is -2.33. The molecule has 1 atom stereocenters. The second-order valence-corrected chi connectivity index (χ2v) is 7.48. The quantitative estimate of drug-likeness (QED) is 0.535. The van der Waals surface area contributed by atoms with Crippen LogP contribution < -0.4 is 0 Å². The van der Waals surface area contributed by atoms with Crippen LogP contribution in [0.4, 0.5) is 0 Å². The van der Waals surface area contributed by atoms with Gasteiger partial charge in [0, 0.05) is 17.7 Å². The van der Waals surface area contributed by atoms with Crippen molar-refractivity contribution >= 4 is 27.5 Å². The third-order valence-corrected chi connectivity index (χ3v) is 5.77. The van der Waals surface area contributed by atoms with Crippen LogP contribution in [0.5, 0.6) is 0 Å². The van der Waals surface area contributed by atoms with E-state index in [0.29, 0.717) is 24.5 Å². The fourth-order valence-electron chi connectivity index (χ4n) is 3.51. The lowest BCUT2D eigenvalue weighted by molar-refractivity contribution is 0.0631. The largest absolute Gasteiger partial charge is 0.327 e. The van der Waals surface area contributed by atoms with E-state index in [-0.39, 0.29) is 11.9 Å². The molecule has 134 valence electrons. The van der Waals surface area contributed by atoms with Gasteiger partial charge in [0.05, 0.1) is 28.3 Å². The molecule has 3 heterocycles. The van der Waals surface area contributed by atoms with E-state index in [0.717, 1.165) is 21.6 Å². The van der Waals surface area contributed by atoms with Crippen LogP contribution in [0.25, 0.3) is 21.6 Å². The summed E-state index contributed by atoms with van der Waals surface area (Å²) in [7, 11) is 0. The zero-order valence-corrected chi connectivity index (χ0v) is 15.6. The SMILES string of the molecule is C[C@H]1c2nc(-c3ccccc3)nn2CCN1C(=O)c1ccc2scnc2c1. The molecule has 0 bridgehead atoms. The number of benzene rings is 2. The maximum atomic E-state index is 13.1. The summed E-state index contributed by atoms with van der Waals surface area (Å²) in [6.45, 7) is 3.26. The van der Waals surface area contributed by atoms with Crippen LogP contribution >= 0.6 is 11.3 Å². The molecule has 2 aromatic carbocycles. The number of carbonyl (C=O) groups excluding carboxylic acids is 1. The topological polar surface area (TPSA) is 63.9 Å². The molecule has 27 heavy (non-hydrogen) atoms. The Morgan fingerprint density at radius 2 is 2.00 bits per heavy atom. The number of rotatable bonds is 2. The molecule has 6 nitrogen and oxygen atoms in total. The standard InChI is InChI=1S/C20H17N5OS/c1-13-19-22-18(14-5-3-2-4-6-14)23-25(19)10-9-24(13)20(26)15-7-8-17-16(11-15)21-12-27-17/h2-8,11-13H,9-10H2,1H3/t13-/m0/s1. The number of carbonyl (C=O) groups is 1. The second-order valence-electron chi connectivity index (χ2n) is 6.59. The van der Waals surface area contributed by atoms with Crippen LogP contribution in [-0.4, -0.2) is 37.1 Å². The van der Waals surface area contributed by atoms with Gasteiger partial charge in [-0.1, -0.05) is 30.3 Å². The minimum absolute atomic E-state index is 0.00733. The van der Waals surface area contributed by atoms with Crippen molar-refractivity contribution in [1.29, 1.82) is 0 Å². The Bertz CT molecular complexity index is 1130. The van der Waals surface area contributed by atoms with Crippen LogP contribution in [0.1, 0.15) is 29.1 Å². The Morgan fingerprint density at radius 1 is 1.15 bits per heavy atom. The summed E-state index contributed by atoms with van der Waals surface area (Å²) in [6.07, 6.45) is 0. The highest BCUT2D eigenvalue weighted by atomic mass is 32.1. The van der Waals surface area contributed by atoms with Gasteiger partial charge in [0.25, 0.3) is 5.91 Å². The summed E-state index contributed by atoms with van der Waals surface area (Å²) in [5.41, 5.74) is 4.32. The van der Waals surface area contributed by atoms with E-state index < -0.39 is 0 Å². The first-order chi connectivity index (χ1) is 13.2. The summed E-state index contributed by atoms with van der Waals surface area (Å²) < 4.78 is 3.01. The van der Waals surface area contributed by atoms with Gasteiger partial charge < -0.3 is 4.90 Å². The van der Waals surface area contributed by atoms with E-state index >= 15 is 0 Å². The Balaban J connectivity index is 1.46. The molecule has 1 aliphatic heterocycles. The number of fused-ring (bicyclic) bond motifs is 2. The van der Waals surface area contributed by atoms with Crippen LogP contribution in [0, 0.1) is 0 Å². The predicted molar refractivity (Wildman–Crippen MR) is 105 cm³/mol. The molecule has 1 amide bonds. The first-order valence-corrected chi connectivity index (χ1v) is 9.73. The number of aromatic nitrogens is 4. The van der Waals surface area contributed by atoms with Crippen LogP contribution in [-0.2, 0) is 6.54 Å². The maximum absolute atomic E-state index is 13.1. The third-order valence-electron chi connectivity index (χ3n) is 4.96. The summed E-state index contributed by atoms with van der Waals surface area (Å²) in [5.74, 6) is 1.53. The molecule has 0 saturated carbocycles. The van der Waals surface area contributed by atoms with Gasteiger partial charge in [-0.05, 0) is 25.1 Å². The molecule has 5 rings (SSSR count). The minimum atomic E-state index is -0.137.